The highest BCUT2D eigenvalue weighted by atomic mass is 16.5. The topological polar surface area (TPSA) is 46.0 Å². The van der Waals surface area contributed by atoms with Crippen LogP contribution in [0, 0.1) is 0 Å². The minimum atomic E-state index is 0.0402. The third-order valence-corrected chi connectivity index (χ3v) is 5.58. The Hall–Kier alpha value is -2.53. The summed E-state index contributed by atoms with van der Waals surface area (Å²) in [5.74, 6) is 1.00. The number of benzene rings is 2. The summed E-state index contributed by atoms with van der Waals surface area (Å²) in [6, 6.07) is 16.7. The Balaban J connectivity index is 1.45. The number of nitrogens with one attached hydrogen (secondary N) is 2. The average Bonchev–Trinajstić information content (AvgIpc) is 2.74. The molecule has 0 spiro atoms. The van der Waals surface area contributed by atoms with Crippen molar-refractivity contribution in [1.29, 1.82) is 0 Å². The molecule has 28 heavy (non-hydrogen) atoms. The van der Waals surface area contributed by atoms with Crippen LogP contribution in [0.4, 0.5) is 5.69 Å². The number of carbonyl (C=O) groups excluding carboxylic acids is 1. The van der Waals surface area contributed by atoms with E-state index in [0.29, 0.717) is 6.54 Å². The molecule has 0 aromatic heterocycles. The largest absolute Gasteiger partial charge is 0.497 e. The number of aryl methyl sites for hydroxylation is 1. The molecule has 1 saturated heterocycles. The number of methoxy groups -OCH3 is 1. The predicted octanol–water partition coefficient (Wildman–Crippen LogP) is 1.84. The molecule has 1 amide bonds. The molecule has 150 valence electrons. The van der Waals surface area contributed by atoms with E-state index in [1.165, 1.54) is 16.2 Å². The Kier molecular flexibility index (Phi) is 6.93. The smallest absolute Gasteiger partial charge is 0.275 e. The lowest BCUT2D eigenvalue weighted by Crippen LogP contribution is -3.15. The van der Waals surface area contributed by atoms with Crippen molar-refractivity contribution >= 4 is 11.6 Å². The fourth-order valence-electron chi connectivity index (χ4n) is 3.70. The molecule has 1 aliphatic rings. The number of ether oxygens (including phenoxy) is 1. The number of rotatable bonds is 7. The zero-order chi connectivity index (χ0) is 19.9. The lowest BCUT2D eigenvalue weighted by molar-refractivity contribution is -0.892. The highest BCUT2D eigenvalue weighted by Crippen LogP contribution is 2.19. The minimum Gasteiger partial charge on any atom is -0.497 e. The van der Waals surface area contributed by atoms with Crippen molar-refractivity contribution in [2.45, 2.75) is 26.3 Å². The molecule has 1 fully saturated rings. The molecule has 1 atom stereocenters. The van der Waals surface area contributed by atoms with E-state index in [4.69, 9.17) is 4.74 Å². The van der Waals surface area contributed by atoms with Gasteiger partial charge in [0.1, 0.15) is 5.75 Å². The van der Waals surface area contributed by atoms with Gasteiger partial charge in [-0.05, 0) is 48.7 Å². The molecule has 5 nitrogen and oxygen atoms in total. The second kappa shape index (κ2) is 9.60. The van der Waals surface area contributed by atoms with Crippen molar-refractivity contribution in [3.05, 3.63) is 59.7 Å². The van der Waals surface area contributed by atoms with Crippen LogP contribution < -0.4 is 19.9 Å². The van der Waals surface area contributed by atoms with E-state index in [-0.39, 0.29) is 11.9 Å². The first kappa shape index (κ1) is 20.2. The van der Waals surface area contributed by atoms with Gasteiger partial charge in [-0.1, -0.05) is 31.2 Å². The van der Waals surface area contributed by atoms with Crippen molar-refractivity contribution < 1.29 is 14.4 Å². The second-order valence-corrected chi connectivity index (χ2v) is 7.50. The minimum absolute atomic E-state index is 0.0402. The summed E-state index contributed by atoms with van der Waals surface area (Å²) < 4.78 is 5.23. The first-order chi connectivity index (χ1) is 13.6. The van der Waals surface area contributed by atoms with Crippen molar-refractivity contribution in [1.82, 2.24) is 5.32 Å². The van der Waals surface area contributed by atoms with Crippen LogP contribution in [0.2, 0.25) is 0 Å². The van der Waals surface area contributed by atoms with Gasteiger partial charge in [0.25, 0.3) is 5.91 Å². The number of anilines is 1. The summed E-state index contributed by atoms with van der Waals surface area (Å²) in [5, 5.41) is 3.15. The molecular formula is C23H32N3O2+. The molecule has 1 heterocycles. The molecule has 5 heteroatoms. The van der Waals surface area contributed by atoms with Gasteiger partial charge in [0.15, 0.2) is 6.54 Å². The summed E-state index contributed by atoms with van der Waals surface area (Å²) in [5.41, 5.74) is 3.69. The first-order valence-electron chi connectivity index (χ1n) is 10.2. The lowest BCUT2D eigenvalue weighted by atomic mass is 10.1. The maximum Gasteiger partial charge on any atom is 0.275 e. The Morgan fingerprint density at radius 2 is 1.75 bits per heavy atom. The van der Waals surface area contributed by atoms with Gasteiger partial charge in [-0.25, -0.2) is 0 Å². The zero-order valence-corrected chi connectivity index (χ0v) is 17.2. The van der Waals surface area contributed by atoms with Crippen LogP contribution in [0.5, 0.6) is 5.75 Å². The summed E-state index contributed by atoms with van der Waals surface area (Å²) in [4.78, 5) is 16.2. The normalized spacial score (nSPS) is 15.9. The number of carbonyl (C=O) groups is 1. The maximum absolute atomic E-state index is 12.5. The van der Waals surface area contributed by atoms with Crippen LogP contribution in [0.15, 0.2) is 48.5 Å². The molecule has 0 unspecified atom stereocenters. The molecule has 0 aliphatic carbocycles. The van der Waals surface area contributed by atoms with E-state index in [0.717, 1.165) is 43.9 Å². The molecule has 2 N–H and O–H groups in total. The van der Waals surface area contributed by atoms with Crippen LogP contribution in [-0.2, 0) is 11.2 Å². The van der Waals surface area contributed by atoms with Gasteiger partial charge in [-0.3, -0.25) is 4.79 Å². The molecule has 0 saturated carbocycles. The average molecular weight is 383 g/mol. The van der Waals surface area contributed by atoms with Gasteiger partial charge in [0.05, 0.1) is 39.3 Å². The molecule has 0 bridgehead atoms. The Morgan fingerprint density at radius 1 is 1.11 bits per heavy atom. The van der Waals surface area contributed by atoms with E-state index in [9.17, 15) is 4.79 Å². The predicted molar refractivity (Wildman–Crippen MR) is 113 cm³/mol. The van der Waals surface area contributed by atoms with Crippen molar-refractivity contribution in [3.8, 4) is 5.75 Å². The number of hydrogen-bond acceptors (Lipinski definition) is 3. The van der Waals surface area contributed by atoms with E-state index >= 15 is 0 Å². The van der Waals surface area contributed by atoms with Crippen LogP contribution in [0.3, 0.4) is 0 Å². The van der Waals surface area contributed by atoms with E-state index in [2.05, 4.69) is 60.5 Å². The van der Waals surface area contributed by atoms with Crippen molar-refractivity contribution in [3.63, 3.8) is 0 Å². The Bertz CT molecular complexity index is 750. The third kappa shape index (κ3) is 5.26. The monoisotopic (exact) mass is 382 g/mol. The van der Waals surface area contributed by atoms with Crippen LogP contribution in [-0.4, -0.2) is 45.7 Å². The zero-order valence-electron chi connectivity index (χ0n) is 17.2. The summed E-state index contributed by atoms with van der Waals surface area (Å²) >= 11 is 0. The quantitative estimate of drug-likeness (QED) is 0.768. The number of hydrogen-bond donors (Lipinski definition) is 2. The van der Waals surface area contributed by atoms with Gasteiger partial charge in [0, 0.05) is 5.69 Å². The molecular weight excluding hydrogens is 350 g/mol. The third-order valence-electron chi connectivity index (χ3n) is 5.58. The van der Waals surface area contributed by atoms with Gasteiger partial charge in [-0.15, -0.1) is 0 Å². The Labute approximate surface area is 168 Å². The van der Waals surface area contributed by atoms with Crippen LogP contribution in [0.25, 0.3) is 0 Å². The van der Waals surface area contributed by atoms with Gasteiger partial charge in [0.2, 0.25) is 0 Å². The van der Waals surface area contributed by atoms with Crippen LogP contribution in [0.1, 0.15) is 31.0 Å². The summed E-state index contributed by atoms with van der Waals surface area (Å²) in [6.07, 6.45) is 1.03. The molecule has 1 aliphatic heterocycles. The van der Waals surface area contributed by atoms with Gasteiger partial charge in [-0.2, -0.15) is 0 Å². The Morgan fingerprint density at radius 3 is 2.32 bits per heavy atom. The number of piperazine rings is 1. The lowest BCUT2D eigenvalue weighted by Gasteiger charge is -2.33. The van der Waals surface area contributed by atoms with E-state index in [1.54, 1.807) is 7.11 Å². The molecule has 2 aromatic rings. The first-order valence-corrected chi connectivity index (χ1v) is 10.2. The standard InChI is InChI=1S/C23H31N3O2/c1-4-19-5-7-20(8-6-19)18(2)24-23(27)17-25-13-15-26(16-14-25)21-9-11-22(28-3)12-10-21/h5-12,18H,4,13-17H2,1-3H3,(H,24,27)/p+1/t18-/m0/s1. The highest BCUT2D eigenvalue weighted by Gasteiger charge is 2.23. The fraction of sp³-hybridized carbons (Fsp3) is 0.435. The van der Waals surface area contributed by atoms with Crippen molar-refractivity contribution in [2.75, 3.05) is 44.7 Å². The van der Waals surface area contributed by atoms with Crippen molar-refractivity contribution in [2.24, 2.45) is 0 Å². The van der Waals surface area contributed by atoms with E-state index < -0.39 is 0 Å². The van der Waals surface area contributed by atoms with Gasteiger partial charge < -0.3 is 19.9 Å². The fourth-order valence-corrected chi connectivity index (χ4v) is 3.70. The highest BCUT2D eigenvalue weighted by molar-refractivity contribution is 5.77. The molecule has 0 radical (unpaired) electrons. The van der Waals surface area contributed by atoms with Crippen LogP contribution >= 0.6 is 0 Å². The number of amides is 1. The second-order valence-electron chi connectivity index (χ2n) is 7.50. The number of nitrogens with zero attached hydrogens (tertiary/aromatic N) is 1. The summed E-state index contributed by atoms with van der Waals surface area (Å²) in [7, 11) is 1.68. The molecule has 3 rings (SSSR count). The van der Waals surface area contributed by atoms with E-state index in [1.807, 2.05) is 12.1 Å². The summed E-state index contributed by atoms with van der Waals surface area (Å²) in [6.45, 7) is 8.60. The molecule has 2 aromatic carbocycles. The SMILES string of the molecule is CCc1ccc([C@H](C)NC(=O)C[NH+]2CCN(c3ccc(OC)cc3)CC2)cc1. The maximum atomic E-state index is 12.5. The number of quaternary nitrogens is 1. The van der Waals surface area contributed by atoms with Gasteiger partial charge >= 0.3 is 0 Å².